The molecule has 0 aromatic heterocycles. The molecule has 1 aliphatic heterocycles. The van der Waals surface area contributed by atoms with E-state index in [9.17, 15) is 9.59 Å². The molecule has 10 atom stereocenters. The molecule has 1 saturated heterocycles. The Morgan fingerprint density at radius 2 is 1.93 bits per heavy atom. The van der Waals surface area contributed by atoms with E-state index in [1.807, 2.05) is 6.08 Å². The van der Waals surface area contributed by atoms with Gasteiger partial charge in [-0.3, -0.25) is 9.59 Å². The highest BCUT2D eigenvalue weighted by Gasteiger charge is 2.80. The molecule has 0 bridgehead atoms. The van der Waals surface area contributed by atoms with Crippen molar-refractivity contribution in [1.29, 1.82) is 0 Å². The number of allylic oxidation sites excluding steroid dienone is 3. The number of hydrogen-bond donors (Lipinski definition) is 0. The lowest BCUT2D eigenvalue weighted by Gasteiger charge is -2.57. The van der Waals surface area contributed by atoms with Crippen LogP contribution >= 0.6 is 0 Å². The number of carbonyl (C=O) groups is 2. The summed E-state index contributed by atoms with van der Waals surface area (Å²) in [6.45, 7) is 4.85. The Kier molecular flexibility index (Phi) is 2.46. The first-order valence-electron chi connectivity index (χ1n) is 11.1. The summed E-state index contributed by atoms with van der Waals surface area (Å²) in [6, 6.07) is 0. The van der Waals surface area contributed by atoms with Gasteiger partial charge in [0.25, 0.3) is 0 Å². The van der Waals surface area contributed by atoms with Crippen LogP contribution in [0.4, 0.5) is 0 Å². The van der Waals surface area contributed by atoms with Crippen molar-refractivity contribution in [3.8, 4) is 0 Å². The van der Waals surface area contributed by atoms with Crippen LogP contribution in [0.5, 0.6) is 0 Å². The minimum atomic E-state index is -0.217. The van der Waals surface area contributed by atoms with Gasteiger partial charge in [-0.2, -0.15) is 0 Å². The summed E-state index contributed by atoms with van der Waals surface area (Å²) in [5.74, 6) is 5.05. The lowest BCUT2D eigenvalue weighted by Crippen LogP contribution is -2.55. The van der Waals surface area contributed by atoms with Gasteiger partial charge in [-0.25, -0.2) is 0 Å². The molecule has 3 nitrogen and oxygen atoms in total. The van der Waals surface area contributed by atoms with E-state index in [0.29, 0.717) is 48.2 Å². The van der Waals surface area contributed by atoms with Gasteiger partial charge in [0.1, 0.15) is 5.60 Å². The second kappa shape index (κ2) is 4.28. The predicted octanol–water partition coefficient (Wildman–Crippen LogP) is 4.08. The number of rotatable bonds is 0. The van der Waals surface area contributed by atoms with Gasteiger partial charge < -0.3 is 4.74 Å². The summed E-state index contributed by atoms with van der Waals surface area (Å²) in [7, 11) is 0. The first-order valence-corrected chi connectivity index (χ1v) is 11.1. The molecule has 5 fully saturated rings. The number of ketones is 1. The highest BCUT2D eigenvalue weighted by molar-refractivity contribution is 5.92. The van der Waals surface area contributed by atoms with Gasteiger partial charge in [0, 0.05) is 24.2 Å². The van der Waals surface area contributed by atoms with E-state index in [0.717, 1.165) is 24.7 Å². The van der Waals surface area contributed by atoms with Gasteiger partial charge in [0.05, 0.1) is 0 Å². The third kappa shape index (κ3) is 1.53. The first-order chi connectivity index (χ1) is 12.9. The van der Waals surface area contributed by atoms with Crippen molar-refractivity contribution >= 4 is 11.8 Å². The van der Waals surface area contributed by atoms with E-state index >= 15 is 0 Å². The number of ether oxygens (including phenoxy) is 1. The smallest absolute Gasteiger partial charge is 0.306 e. The third-order valence-electron chi connectivity index (χ3n) is 10.3. The quantitative estimate of drug-likeness (QED) is 0.480. The third-order valence-corrected chi connectivity index (χ3v) is 10.3. The number of fused-ring (bicyclic) bond motifs is 12. The van der Waals surface area contributed by atoms with Crippen LogP contribution in [0.2, 0.25) is 0 Å². The molecule has 0 N–H and O–H groups in total. The fourth-order valence-electron chi connectivity index (χ4n) is 9.09. The first kappa shape index (κ1) is 15.5. The summed E-state index contributed by atoms with van der Waals surface area (Å²) >= 11 is 0. The molecule has 142 valence electrons. The Labute approximate surface area is 160 Å². The molecule has 0 aromatic rings. The zero-order chi connectivity index (χ0) is 18.3. The molecule has 4 saturated carbocycles. The van der Waals surface area contributed by atoms with Crippen molar-refractivity contribution in [2.45, 2.75) is 58.0 Å². The topological polar surface area (TPSA) is 43.4 Å². The molecular weight excluding hydrogens is 336 g/mol. The number of carbonyl (C=O) groups excluding carboxylic acids is 2. The largest absolute Gasteiger partial charge is 0.458 e. The zero-order valence-corrected chi connectivity index (χ0v) is 16.2. The SMILES string of the molecule is CC12CCC(=O)C=C1C1CC1C1C2C=CC2(C)C1C1CC1[C@@]21CCC(=O)O1. The van der Waals surface area contributed by atoms with E-state index < -0.39 is 0 Å². The van der Waals surface area contributed by atoms with E-state index in [1.165, 1.54) is 18.4 Å². The van der Waals surface area contributed by atoms with Crippen LogP contribution in [0.1, 0.15) is 52.4 Å². The second-order valence-corrected chi connectivity index (χ2v) is 11.1. The summed E-state index contributed by atoms with van der Waals surface area (Å²) in [5.41, 5.74) is 1.44. The summed E-state index contributed by atoms with van der Waals surface area (Å²) in [5, 5.41) is 0. The number of esters is 1. The monoisotopic (exact) mass is 364 g/mol. The Hall–Kier alpha value is -1.38. The van der Waals surface area contributed by atoms with Crippen LogP contribution in [-0.4, -0.2) is 17.4 Å². The molecule has 7 rings (SSSR count). The maximum atomic E-state index is 12.1. The van der Waals surface area contributed by atoms with E-state index in [2.05, 4.69) is 26.0 Å². The lowest BCUT2D eigenvalue weighted by atomic mass is 9.48. The Bertz CT molecular complexity index is 869. The molecule has 1 spiro atoms. The van der Waals surface area contributed by atoms with Crippen molar-refractivity contribution in [2.24, 2.45) is 52.3 Å². The van der Waals surface area contributed by atoms with Gasteiger partial charge >= 0.3 is 5.97 Å². The molecule has 0 radical (unpaired) electrons. The molecule has 1 heterocycles. The Balaban J connectivity index is 1.38. The van der Waals surface area contributed by atoms with E-state index in [-0.39, 0.29) is 22.4 Å². The Morgan fingerprint density at radius 1 is 1.07 bits per heavy atom. The molecule has 7 aliphatic rings. The van der Waals surface area contributed by atoms with E-state index in [4.69, 9.17) is 4.74 Å². The van der Waals surface area contributed by atoms with Crippen molar-refractivity contribution in [2.75, 3.05) is 0 Å². The normalized spacial score (nSPS) is 61.4. The van der Waals surface area contributed by atoms with Gasteiger partial charge in [-0.05, 0) is 72.7 Å². The van der Waals surface area contributed by atoms with Gasteiger partial charge in [0.2, 0.25) is 0 Å². The summed E-state index contributed by atoms with van der Waals surface area (Å²) in [6.07, 6.45) is 12.8. The van der Waals surface area contributed by atoms with Crippen LogP contribution in [0.25, 0.3) is 0 Å². The van der Waals surface area contributed by atoms with Crippen molar-refractivity contribution in [3.05, 3.63) is 23.8 Å². The van der Waals surface area contributed by atoms with Gasteiger partial charge in [-0.1, -0.05) is 31.6 Å². The maximum Gasteiger partial charge on any atom is 0.306 e. The highest BCUT2D eigenvalue weighted by atomic mass is 16.6. The minimum absolute atomic E-state index is 0.0170. The molecular formula is C24H28O3. The summed E-state index contributed by atoms with van der Waals surface area (Å²) in [4.78, 5) is 24.3. The average Bonchev–Trinajstić information content (AvgIpc) is 3.53. The maximum absolute atomic E-state index is 12.1. The van der Waals surface area contributed by atoms with Gasteiger partial charge in [-0.15, -0.1) is 0 Å². The molecule has 0 amide bonds. The summed E-state index contributed by atoms with van der Waals surface area (Å²) < 4.78 is 6.16. The molecule has 9 unspecified atom stereocenters. The molecule has 6 aliphatic carbocycles. The van der Waals surface area contributed by atoms with Crippen LogP contribution in [0.3, 0.4) is 0 Å². The van der Waals surface area contributed by atoms with E-state index in [1.54, 1.807) is 0 Å². The van der Waals surface area contributed by atoms with Crippen LogP contribution in [0, 0.1) is 52.3 Å². The van der Waals surface area contributed by atoms with Crippen LogP contribution in [0.15, 0.2) is 23.8 Å². The van der Waals surface area contributed by atoms with Crippen LogP contribution in [-0.2, 0) is 14.3 Å². The lowest BCUT2D eigenvalue weighted by molar-refractivity contribution is -0.162. The Morgan fingerprint density at radius 3 is 2.70 bits per heavy atom. The highest BCUT2D eigenvalue weighted by Crippen LogP contribution is 2.80. The fraction of sp³-hybridized carbons (Fsp3) is 0.750. The molecule has 0 aromatic carbocycles. The molecule has 3 heteroatoms. The zero-order valence-electron chi connectivity index (χ0n) is 16.2. The van der Waals surface area contributed by atoms with Crippen LogP contribution < -0.4 is 0 Å². The van der Waals surface area contributed by atoms with Crippen molar-refractivity contribution < 1.29 is 14.3 Å². The van der Waals surface area contributed by atoms with Crippen molar-refractivity contribution in [1.82, 2.24) is 0 Å². The van der Waals surface area contributed by atoms with Gasteiger partial charge in [0.15, 0.2) is 5.78 Å². The second-order valence-electron chi connectivity index (χ2n) is 11.1. The fourth-order valence-corrected chi connectivity index (χ4v) is 9.09. The number of hydrogen-bond acceptors (Lipinski definition) is 3. The molecule has 27 heavy (non-hydrogen) atoms. The standard InChI is InChI=1S/C24H28O3/c1-22-6-3-12(25)9-17(22)13-10-14(13)20-16(22)4-7-23(2)21(20)15-11-18(15)24(23)8-5-19(26)27-24/h4,7,9,13-16,18,20-21H,3,5-6,8,10-11H2,1-2H3/t13?,14?,15?,16?,18?,20?,21?,22?,23?,24-/m0/s1. The average molecular weight is 364 g/mol. The minimum Gasteiger partial charge on any atom is -0.458 e. The predicted molar refractivity (Wildman–Crippen MR) is 99.4 cm³/mol. The van der Waals surface area contributed by atoms with Crippen molar-refractivity contribution in [3.63, 3.8) is 0 Å².